The second-order valence-electron chi connectivity index (χ2n) is 2.76. The summed E-state index contributed by atoms with van der Waals surface area (Å²) >= 11 is 1.50. The zero-order chi connectivity index (χ0) is 10.6. The Balaban J connectivity index is 2.81. The van der Waals surface area contributed by atoms with Crippen LogP contribution in [0.15, 0.2) is 48.7 Å². The molecule has 0 fully saturated rings. The molecule has 0 spiro atoms. The summed E-state index contributed by atoms with van der Waals surface area (Å²) in [5, 5.41) is 9.33. The predicted molar refractivity (Wildman–Crippen MR) is 60.9 cm³/mol. The fourth-order valence-electron chi connectivity index (χ4n) is 0.956. The normalized spacial score (nSPS) is 9.50. The molecule has 1 rings (SSSR count). The van der Waals surface area contributed by atoms with Crippen LogP contribution in [0, 0.1) is 6.92 Å². The maximum atomic E-state index is 9.33. The van der Waals surface area contributed by atoms with Gasteiger partial charge >= 0.3 is 0 Å². The van der Waals surface area contributed by atoms with Crippen molar-refractivity contribution in [1.29, 1.82) is 0 Å². The van der Waals surface area contributed by atoms with Crippen LogP contribution in [0.3, 0.4) is 0 Å². The number of nitrogens with zero attached hydrogens (tertiary/aromatic N) is 1. The Morgan fingerprint density at radius 2 is 2.00 bits per heavy atom. The minimum atomic E-state index is 0.318. The minimum absolute atomic E-state index is 0.318. The van der Waals surface area contributed by atoms with Gasteiger partial charge in [0, 0.05) is 17.3 Å². The van der Waals surface area contributed by atoms with Crippen LogP contribution in [0.25, 0.3) is 0 Å². The minimum Gasteiger partial charge on any atom is -0.508 e. The fraction of sp³-hybridized carbons (Fsp3) is 0.0909. The van der Waals surface area contributed by atoms with E-state index in [1.54, 1.807) is 22.8 Å². The Morgan fingerprint density at radius 3 is 2.50 bits per heavy atom. The van der Waals surface area contributed by atoms with E-state index in [1.165, 1.54) is 11.9 Å². The molecule has 0 atom stereocenters. The first kappa shape index (κ1) is 10.7. The van der Waals surface area contributed by atoms with Crippen LogP contribution < -0.4 is 0 Å². The van der Waals surface area contributed by atoms with Crippen LogP contribution in [-0.2, 0) is 0 Å². The average molecular weight is 207 g/mol. The third-order valence-corrected chi connectivity index (χ3v) is 2.71. The van der Waals surface area contributed by atoms with E-state index in [1.807, 2.05) is 19.1 Å². The topological polar surface area (TPSA) is 23.5 Å². The number of phenolic OH excluding ortho intramolecular Hbond substituents is 1. The van der Waals surface area contributed by atoms with Crippen LogP contribution in [0.1, 0.15) is 5.56 Å². The summed E-state index contributed by atoms with van der Waals surface area (Å²) < 4.78 is 1.80. The Bertz CT molecular complexity index is 341. The van der Waals surface area contributed by atoms with E-state index in [4.69, 9.17) is 0 Å². The average Bonchev–Trinajstić information content (AvgIpc) is 2.19. The van der Waals surface area contributed by atoms with E-state index in [2.05, 4.69) is 13.2 Å². The number of rotatable bonds is 4. The lowest BCUT2D eigenvalue weighted by Gasteiger charge is -2.12. The first-order valence-corrected chi connectivity index (χ1v) is 4.95. The van der Waals surface area contributed by atoms with Gasteiger partial charge in [-0.2, -0.15) is 0 Å². The summed E-state index contributed by atoms with van der Waals surface area (Å²) in [6, 6.07) is 5.45. The van der Waals surface area contributed by atoms with Crippen molar-refractivity contribution in [3.05, 3.63) is 49.3 Å². The molecule has 0 saturated carbocycles. The summed E-state index contributed by atoms with van der Waals surface area (Å²) in [5.74, 6) is 0.318. The highest BCUT2D eigenvalue weighted by Gasteiger charge is 2.01. The van der Waals surface area contributed by atoms with Gasteiger partial charge in [-0.1, -0.05) is 13.2 Å². The van der Waals surface area contributed by atoms with E-state index in [-0.39, 0.29) is 0 Å². The first-order chi connectivity index (χ1) is 6.67. The molecule has 74 valence electrons. The second kappa shape index (κ2) is 4.77. The number of aryl methyl sites for hydroxylation is 1. The monoisotopic (exact) mass is 207 g/mol. The highest BCUT2D eigenvalue weighted by atomic mass is 32.2. The molecular formula is C11H13NOS. The van der Waals surface area contributed by atoms with E-state index in [0.29, 0.717) is 5.75 Å². The van der Waals surface area contributed by atoms with Gasteiger partial charge in [-0.15, -0.1) is 0 Å². The number of hydrogen-bond donors (Lipinski definition) is 1. The van der Waals surface area contributed by atoms with E-state index in [0.717, 1.165) is 10.5 Å². The van der Waals surface area contributed by atoms with Crippen molar-refractivity contribution in [2.24, 2.45) is 0 Å². The van der Waals surface area contributed by atoms with Crippen LogP contribution in [0.5, 0.6) is 5.75 Å². The maximum absolute atomic E-state index is 9.33. The van der Waals surface area contributed by atoms with Gasteiger partial charge in [0.05, 0.1) is 0 Å². The summed E-state index contributed by atoms with van der Waals surface area (Å²) in [4.78, 5) is 1.04. The Hall–Kier alpha value is -1.35. The second-order valence-corrected chi connectivity index (χ2v) is 3.84. The van der Waals surface area contributed by atoms with Crippen molar-refractivity contribution >= 4 is 11.9 Å². The van der Waals surface area contributed by atoms with Crippen molar-refractivity contribution in [1.82, 2.24) is 4.31 Å². The smallest absolute Gasteiger partial charge is 0.118 e. The van der Waals surface area contributed by atoms with Gasteiger partial charge in [0.2, 0.25) is 0 Å². The molecule has 0 aliphatic rings. The molecule has 0 saturated heterocycles. The third kappa shape index (κ3) is 2.57. The molecule has 0 unspecified atom stereocenters. The molecule has 0 aliphatic heterocycles. The van der Waals surface area contributed by atoms with Crippen LogP contribution in [0.4, 0.5) is 0 Å². The van der Waals surface area contributed by atoms with Crippen molar-refractivity contribution in [2.75, 3.05) is 0 Å². The molecule has 0 heterocycles. The number of aromatic hydroxyl groups is 1. The van der Waals surface area contributed by atoms with E-state index in [9.17, 15) is 5.11 Å². The molecule has 1 aromatic carbocycles. The van der Waals surface area contributed by atoms with Crippen molar-refractivity contribution in [2.45, 2.75) is 11.8 Å². The van der Waals surface area contributed by atoms with Gasteiger partial charge in [0.15, 0.2) is 0 Å². The lowest BCUT2D eigenvalue weighted by molar-refractivity contribution is 0.470. The number of phenols is 1. The van der Waals surface area contributed by atoms with Crippen molar-refractivity contribution in [3.63, 3.8) is 0 Å². The van der Waals surface area contributed by atoms with Gasteiger partial charge in [0.25, 0.3) is 0 Å². The highest BCUT2D eigenvalue weighted by molar-refractivity contribution is 7.97. The van der Waals surface area contributed by atoms with Gasteiger partial charge in [-0.25, -0.2) is 0 Å². The molecule has 2 nitrogen and oxygen atoms in total. The maximum Gasteiger partial charge on any atom is 0.118 e. The molecule has 1 aromatic rings. The molecule has 14 heavy (non-hydrogen) atoms. The zero-order valence-electron chi connectivity index (χ0n) is 8.10. The SMILES string of the molecule is C=CN(C=C)Sc1ccc(O)c(C)c1. The molecule has 0 bridgehead atoms. The fourth-order valence-corrected chi connectivity index (χ4v) is 1.71. The van der Waals surface area contributed by atoms with Gasteiger partial charge in [-0.05, 0) is 42.6 Å². The molecule has 0 radical (unpaired) electrons. The van der Waals surface area contributed by atoms with Gasteiger partial charge in [-0.3, -0.25) is 4.31 Å². The molecule has 0 amide bonds. The first-order valence-electron chi connectivity index (χ1n) is 4.18. The Labute approximate surface area is 88.7 Å². The Kier molecular flexibility index (Phi) is 3.65. The molecule has 3 heteroatoms. The van der Waals surface area contributed by atoms with E-state index >= 15 is 0 Å². The standard InChI is InChI=1S/C11H13NOS/c1-4-12(5-2)14-10-6-7-11(13)9(3)8-10/h4-8,13H,1-2H2,3H3. The quantitative estimate of drug-likeness (QED) is 0.766. The van der Waals surface area contributed by atoms with Crippen LogP contribution >= 0.6 is 11.9 Å². The molecule has 0 aliphatic carbocycles. The zero-order valence-corrected chi connectivity index (χ0v) is 8.92. The van der Waals surface area contributed by atoms with Crippen molar-refractivity contribution < 1.29 is 5.11 Å². The van der Waals surface area contributed by atoms with Crippen molar-refractivity contribution in [3.8, 4) is 5.75 Å². The lowest BCUT2D eigenvalue weighted by atomic mass is 10.2. The van der Waals surface area contributed by atoms with Gasteiger partial charge < -0.3 is 5.11 Å². The van der Waals surface area contributed by atoms with Crippen LogP contribution in [-0.4, -0.2) is 9.41 Å². The molecule has 0 aromatic heterocycles. The molecular weight excluding hydrogens is 194 g/mol. The van der Waals surface area contributed by atoms with E-state index < -0.39 is 0 Å². The van der Waals surface area contributed by atoms with Gasteiger partial charge in [0.1, 0.15) is 5.75 Å². The Morgan fingerprint density at radius 1 is 1.36 bits per heavy atom. The lowest BCUT2D eigenvalue weighted by Crippen LogP contribution is -1.95. The predicted octanol–water partition coefficient (Wildman–Crippen LogP) is 3.30. The number of benzene rings is 1. The molecule has 1 N–H and O–H groups in total. The summed E-state index contributed by atoms with van der Waals surface area (Å²) in [5.41, 5.74) is 0.864. The third-order valence-electron chi connectivity index (χ3n) is 1.74. The largest absolute Gasteiger partial charge is 0.508 e. The highest BCUT2D eigenvalue weighted by Crippen LogP contribution is 2.27. The summed E-state index contributed by atoms with van der Waals surface area (Å²) in [6.45, 7) is 9.17. The summed E-state index contributed by atoms with van der Waals surface area (Å²) in [6.07, 6.45) is 3.36. The summed E-state index contributed by atoms with van der Waals surface area (Å²) in [7, 11) is 0. The van der Waals surface area contributed by atoms with Crippen LogP contribution in [0.2, 0.25) is 0 Å². The number of hydrogen-bond acceptors (Lipinski definition) is 3.